The highest BCUT2D eigenvalue weighted by Gasteiger charge is 2.32. The van der Waals surface area contributed by atoms with Gasteiger partial charge in [0.25, 0.3) is 11.8 Å². The van der Waals surface area contributed by atoms with Gasteiger partial charge in [-0.05, 0) is 55.3 Å². The fraction of sp³-hybridized carbons (Fsp3) is 0.167. The van der Waals surface area contributed by atoms with Crippen LogP contribution < -0.4 is 9.80 Å². The zero-order valence-corrected chi connectivity index (χ0v) is 17.3. The van der Waals surface area contributed by atoms with Crippen molar-refractivity contribution in [3.8, 4) is 0 Å². The van der Waals surface area contributed by atoms with Crippen LogP contribution in [0.1, 0.15) is 33.2 Å². The second-order valence-corrected chi connectivity index (χ2v) is 8.75. The molecule has 0 aliphatic carbocycles. The number of carbonyl (C=O) groups is 2. The summed E-state index contributed by atoms with van der Waals surface area (Å²) in [5, 5.41) is 0. The quantitative estimate of drug-likeness (QED) is 0.634. The molecule has 5 rings (SSSR count). The molecule has 2 heterocycles. The van der Waals surface area contributed by atoms with Crippen LogP contribution >= 0.6 is 0 Å². The lowest BCUT2D eigenvalue weighted by molar-refractivity contribution is 0.0976. The molecule has 2 amide bonds. The molecule has 5 nitrogen and oxygen atoms in total. The molecule has 0 spiro atoms. The number of amides is 2. The number of rotatable bonds is 2. The minimum atomic E-state index is -1.50. The number of benzene rings is 3. The first-order chi connectivity index (χ1) is 14.6. The van der Waals surface area contributed by atoms with Gasteiger partial charge in [0, 0.05) is 24.3 Å². The number of fused-ring (bicyclic) bond motifs is 3. The first kappa shape index (κ1) is 18.8. The third-order valence-corrected chi connectivity index (χ3v) is 7.21. The number of para-hydroxylation sites is 1. The van der Waals surface area contributed by atoms with E-state index < -0.39 is 10.8 Å². The molecule has 30 heavy (non-hydrogen) atoms. The summed E-state index contributed by atoms with van der Waals surface area (Å²) in [5.41, 5.74) is 3.55. The van der Waals surface area contributed by atoms with Gasteiger partial charge in [-0.1, -0.05) is 30.3 Å². The number of carbonyl (C=O) groups excluding carboxylic acids is 2. The van der Waals surface area contributed by atoms with Crippen molar-refractivity contribution in [1.29, 1.82) is 0 Å². The van der Waals surface area contributed by atoms with Crippen molar-refractivity contribution < 1.29 is 13.8 Å². The topological polar surface area (TPSA) is 57.7 Å². The first-order valence-corrected chi connectivity index (χ1v) is 11.1. The Morgan fingerprint density at radius 1 is 0.967 bits per heavy atom. The van der Waals surface area contributed by atoms with Crippen molar-refractivity contribution in [2.45, 2.75) is 23.1 Å². The Kier molecular flexibility index (Phi) is 4.51. The fourth-order valence-electron chi connectivity index (χ4n) is 4.22. The van der Waals surface area contributed by atoms with Crippen LogP contribution in [0.15, 0.2) is 76.5 Å². The van der Waals surface area contributed by atoms with Crippen molar-refractivity contribution in [2.75, 3.05) is 22.9 Å². The van der Waals surface area contributed by atoms with E-state index in [-0.39, 0.29) is 11.8 Å². The summed E-state index contributed by atoms with van der Waals surface area (Å²) in [6.07, 6.45) is 0.825. The van der Waals surface area contributed by atoms with Gasteiger partial charge in [-0.3, -0.25) is 9.59 Å². The van der Waals surface area contributed by atoms with E-state index in [1.54, 1.807) is 52.3 Å². The fourth-order valence-corrected chi connectivity index (χ4v) is 5.56. The van der Waals surface area contributed by atoms with Gasteiger partial charge in [0.2, 0.25) is 0 Å². The van der Waals surface area contributed by atoms with Crippen molar-refractivity contribution in [2.24, 2.45) is 0 Å². The Labute approximate surface area is 177 Å². The van der Waals surface area contributed by atoms with Gasteiger partial charge in [-0.15, -0.1) is 0 Å². The highest BCUT2D eigenvalue weighted by atomic mass is 32.2. The van der Waals surface area contributed by atoms with Gasteiger partial charge in [0.1, 0.15) is 0 Å². The summed E-state index contributed by atoms with van der Waals surface area (Å²) >= 11 is 0. The van der Waals surface area contributed by atoms with Crippen molar-refractivity contribution in [3.63, 3.8) is 0 Å². The zero-order valence-electron chi connectivity index (χ0n) is 16.5. The summed E-state index contributed by atoms with van der Waals surface area (Å²) in [6.45, 7) is 2.92. The predicted molar refractivity (Wildman–Crippen MR) is 117 cm³/mol. The summed E-state index contributed by atoms with van der Waals surface area (Å²) in [5.74, 6) is -0.310. The van der Waals surface area contributed by atoms with E-state index in [0.29, 0.717) is 39.7 Å². The van der Waals surface area contributed by atoms with E-state index in [1.165, 1.54) is 0 Å². The van der Waals surface area contributed by atoms with Crippen LogP contribution in [0.4, 0.5) is 11.4 Å². The van der Waals surface area contributed by atoms with E-state index >= 15 is 0 Å². The van der Waals surface area contributed by atoms with E-state index in [4.69, 9.17) is 0 Å². The Hall–Kier alpha value is -3.25. The molecule has 1 atom stereocenters. The molecule has 6 heteroatoms. The van der Waals surface area contributed by atoms with E-state index in [0.717, 1.165) is 17.7 Å². The number of anilines is 2. The van der Waals surface area contributed by atoms with Gasteiger partial charge in [0.05, 0.1) is 31.8 Å². The molecule has 0 aromatic heterocycles. The van der Waals surface area contributed by atoms with Crippen molar-refractivity contribution in [3.05, 3.63) is 83.4 Å². The third-order valence-electron chi connectivity index (χ3n) is 5.71. The number of hydrogen-bond acceptors (Lipinski definition) is 3. The molecule has 150 valence electrons. The maximum atomic E-state index is 13.3. The monoisotopic (exact) mass is 416 g/mol. The maximum absolute atomic E-state index is 13.3. The van der Waals surface area contributed by atoms with Gasteiger partial charge in [-0.25, -0.2) is 4.21 Å². The lowest BCUT2D eigenvalue weighted by Crippen LogP contribution is -2.32. The second kappa shape index (κ2) is 7.22. The van der Waals surface area contributed by atoms with Gasteiger partial charge in [0.15, 0.2) is 0 Å². The van der Waals surface area contributed by atoms with Crippen molar-refractivity contribution in [1.82, 2.24) is 0 Å². The molecule has 0 radical (unpaired) electrons. The van der Waals surface area contributed by atoms with Gasteiger partial charge >= 0.3 is 0 Å². The van der Waals surface area contributed by atoms with Crippen LogP contribution in [-0.4, -0.2) is 29.1 Å². The van der Waals surface area contributed by atoms with E-state index in [9.17, 15) is 13.8 Å². The summed E-state index contributed by atoms with van der Waals surface area (Å²) < 4.78 is 13.3. The van der Waals surface area contributed by atoms with Crippen LogP contribution in [-0.2, 0) is 17.2 Å². The molecule has 3 aromatic carbocycles. The highest BCUT2D eigenvalue weighted by Crippen LogP contribution is 2.36. The average Bonchev–Trinajstić information content (AvgIpc) is 3.19. The second-order valence-electron chi connectivity index (χ2n) is 7.33. The standard InChI is InChI=1S/C24H20N2O3S/c1-2-25-20-15-17(23(27)26-14-13-16-7-3-5-9-19(16)26)11-12-22(20)30(29)21-10-6-4-8-18(21)24(25)28/h3-12,15H,2,13-14H2,1H3. The molecular formula is C24H20N2O3S. The Balaban J connectivity index is 1.60. The van der Waals surface area contributed by atoms with Gasteiger partial charge in [-0.2, -0.15) is 0 Å². The molecule has 0 saturated heterocycles. The Morgan fingerprint density at radius 2 is 1.73 bits per heavy atom. The molecule has 0 bridgehead atoms. The minimum absolute atomic E-state index is 0.112. The maximum Gasteiger partial charge on any atom is 0.259 e. The SMILES string of the molecule is CCN1C(=O)c2ccccc2S(=O)c2ccc(C(=O)N3CCc4ccccc43)cc21. The largest absolute Gasteiger partial charge is 0.308 e. The molecule has 0 saturated carbocycles. The molecule has 1 unspecified atom stereocenters. The minimum Gasteiger partial charge on any atom is -0.308 e. The third kappa shape index (κ3) is 2.79. The normalized spacial score (nSPS) is 17.2. The number of nitrogens with zero attached hydrogens (tertiary/aromatic N) is 2. The summed E-state index contributed by atoms with van der Waals surface area (Å²) in [4.78, 5) is 30.9. The molecule has 2 aliphatic heterocycles. The molecule has 0 fully saturated rings. The lowest BCUT2D eigenvalue weighted by Gasteiger charge is -2.23. The van der Waals surface area contributed by atoms with Crippen LogP contribution in [0.3, 0.4) is 0 Å². The Bertz CT molecular complexity index is 1220. The van der Waals surface area contributed by atoms with Crippen molar-refractivity contribution >= 4 is 34.0 Å². The van der Waals surface area contributed by atoms with E-state index in [1.807, 2.05) is 31.2 Å². The highest BCUT2D eigenvalue weighted by molar-refractivity contribution is 7.85. The lowest BCUT2D eigenvalue weighted by atomic mass is 10.1. The summed E-state index contributed by atoms with van der Waals surface area (Å²) in [7, 11) is -1.50. The molecule has 0 N–H and O–H groups in total. The van der Waals surface area contributed by atoms with E-state index in [2.05, 4.69) is 0 Å². The predicted octanol–water partition coefficient (Wildman–Crippen LogP) is 4.04. The molecule has 2 aliphatic rings. The molecular weight excluding hydrogens is 396 g/mol. The van der Waals surface area contributed by atoms with Gasteiger partial charge < -0.3 is 9.80 Å². The zero-order chi connectivity index (χ0) is 20.8. The van der Waals surface area contributed by atoms with Crippen LogP contribution in [0, 0.1) is 0 Å². The Morgan fingerprint density at radius 3 is 2.57 bits per heavy atom. The summed E-state index contributed by atoms with van der Waals surface area (Å²) in [6, 6.07) is 20.0. The van der Waals surface area contributed by atoms with Crippen LogP contribution in [0.2, 0.25) is 0 Å². The average molecular weight is 417 g/mol. The van der Waals surface area contributed by atoms with Crippen LogP contribution in [0.25, 0.3) is 0 Å². The van der Waals surface area contributed by atoms with Crippen LogP contribution in [0.5, 0.6) is 0 Å². The first-order valence-electron chi connectivity index (χ1n) is 9.96. The number of hydrogen-bond donors (Lipinski definition) is 0. The smallest absolute Gasteiger partial charge is 0.259 e. The molecule has 3 aromatic rings.